The summed E-state index contributed by atoms with van der Waals surface area (Å²) in [6, 6.07) is 3.52. The van der Waals surface area contributed by atoms with Gasteiger partial charge in [-0.2, -0.15) is 4.31 Å². The average molecular weight is 311 g/mol. The standard InChI is InChI=1S/C15H25N3O2S/c1-3-9-17(10-4-2)15-8-7-14(13-16-15)21(19,20)18-11-5-6-12-18/h7-8,13H,3-6,9-12H2,1-2H3. The van der Waals surface area contributed by atoms with Gasteiger partial charge in [-0.25, -0.2) is 13.4 Å². The van der Waals surface area contributed by atoms with Crippen LogP contribution in [0.15, 0.2) is 23.2 Å². The summed E-state index contributed by atoms with van der Waals surface area (Å²) in [4.78, 5) is 6.88. The Morgan fingerprint density at radius 1 is 1.14 bits per heavy atom. The Hall–Kier alpha value is -1.14. The number of sulfonamides is 1. The van der Waals surface area contributed by atoms with Crippen molar-refractivity contribution in [1.82, 2.24) is 9.29 Å². The van der Waals surface area contributed by atoms with Gasteiger partial charge in [0, 0.05) is 32.4 Å². The summed E-state index contributed by atoms with van der Waals surface area (Å²) < 4.78 is 26.4. The molecule has 0 unspecified atom stereocenters. The third-order valence-electron chi connectivity index (χ3n) is 3.73. The van der Waals surface area contributed by atoms with Gasteiger partial charge in [0.25, 0.3) is 0 Å². The lowest BCUT2D eigenvalue weighted by Gasteiger charge is -2.23. The summed E-state index contributed by atoms with van der Waals surface area (Å²) in [6.45, 7) is 7.41. The molecular formula is C15H25N3O2S. The molecule has 0 N–H and O–H groups in total. The molecule has 2 heterocycles. The van der Waals surface area contributed by atoms with Crippen molar-refractivity contribution in [3.05, 3.63) is 18.3 Å². The van der Waals surface area contributed by atoms with E-state index in [1.165, 1.54) is 6.20 Å². The van der Waals surface area contributed by atoms with Crippen molar-refractivity contribution in [2.24, 2.45) is 0 Å². The van der Waals surface area contributed by atoms with Crippen LogP contribution in [0.3, 0.4) is 0 Å². The molecule has 1 aliphatic heterocycles. The van der Waals surface area contributed by atoms with Gasteiger partial charge in [-0.3, -0.25) is 0 Å². The van der Waals surface area contributed by atoms with Crippen molar-refractivity contribution in [1.29, 1.82) is 0 Å². The topological polar surface area (TPSA) is 53.5 Å². The Morgan fingerprint density at radius 2 is 1.76 bits per heavy atom. The lowest BCUT2D eigenvalue weighted by Crippen LogP contribution is -2.28. The second kappa shape index (κ2) is 7.22. The predicted octanol–water partition coefficient (Wildman–Crippen LogP) is 2.49. The summed E-state index contributed by atoms with van der Waals surface area (Å²) >= 11 is 0. The maximum absolute atomic E-state index is 12.4. The number of aromatic nitrogens is 1. The highest BCUT2D eigenvalue weighted by Crippen LogP contribution is 2.22. The number of pyridine rings is 1. The Labute approximate surface area is 128 Å². The molecule has 0 radical (unpaired) electrons. The smallest absolute Gasteiger partial charge is 0.244 e. The van der Waals surface area contributed by atoms with Gasteiger partial charge in [-0.15, -0.1) is 0 Å². The number of hydrogen-bond acceptors (Lipinski definition) is 4. The summed E-state index contributed by atoms with van der Waals surface area (Å²) in [5.41, 5.74) is 0. The normalized spacial score (nSPS) is 16.3. The Kier molecular flexibility index (Phi) is 5.58. The van der Waals surface area contributed by atoms with Crippen LogP contribution < -0.4 is 4.90 Å². The van der Waals surface area contributed by atoms with E-state index in [-0.39, 0.29) is 0 Å². The fourth-order valence-electron chi connectivity index (χ4n) is 2.67. The molecule has 0 bridgehead atoms. The molecule has 1 aromatic rings. The van der Waals surface area contributed by atoms with E-state index in [9.17, 15) is 8.42 Å². The summed E-state index contributed by atoms with van der Waals surface area (Å²) in [6.07, 6.45) is 5.50. The second-order valence-corrected chi connectivity index (χ2v) is 7.39. The van der Waals surface area contributed by atoms with Gasteiger partial charge >= 0.3 is 0 Å². The second-order valence-electron chi connectivity index (χ2n) is 5.45. The summed E-state index contributed by atoms with van der Waals surface area (Å²) in [5.74, 6) is 0.860. The van der Waals surface area contributed by atoms with Gasteiger partial charge in [0.15, 0.2) is 0 Å². The monoisotopic (exact) mass is 311 g/mol. The molecule has 0 spiro atoms. The number of nitrogens with zero attached hydrogens (tertiary/aromatic N) is 3. The SMILES string of the molecule is CCCN(CCC)c1ccc(S(=O)(=O)N2CCCC2)cn1. The summed E-state index contributed by atoms with van der Waals surface area (Å²) in [5, 5.41) is 0. The first-order valence-corrected chi connectivity index (χ1v) is 9.24. The van der Waals surface area contributed by atoms with Crippen molar-refractivity contribution in [3.63, 3.8) is 0 Å². The van der Waals surface area contributed by atoms with Crippen molar-refractivity contribution in [3.8, 4) is 0 Å². The third-order valence-corrected chi connectivity index (χ3v) is 5.62. The van der Waals surface area contributed by atoms with Crippen LogP contribution >= 0.6 is 0 Å². The summed E-state index contributed by atoms with van der Waals surface area (Å²) in [7, 11) is -3.35. The maximum atomic E-state index is 12.4. The van der Waals surface area contributed by atoms with Crippen molar-refractivity contribution < 1.29 is 8.42 Å². The van der Waals surface area contributed by atoms with Crippen LogP contribution in [0.5, 0.6) is 0 Å². The van der Waals surface area contributed by atoms with Crippen molar-refractivity contribution in [2.75, 3.05) is 31.1 Å². The molecule has 21 heavy (non-hydrogen) atoms. The molecule has 118 valence electrons. The van der Waals surface area contributed by atoms with E-state index >= 15 is 0 Å². The van der Waals surface area contributed by atoms with Crippen LogP contribution in [0.1, 0.15) is 39.5 Å². The lowest BCUT2D eigenvalue weighted by atomic mass is 10.3. The highest BCUT2D eigenvalue weighted by molar-refractivity contribution is 7.89. The molecule has 6 heteroatoms. The minimum atomic E-state index is -3.35. The van der Waals surface area contributed by atoms with Gasteiger partial charge < -0.3 is 4.90 Å². The largest absolute Gasteiger partial charge is 0.357 e. The van der Waals surface area contributed by atoms with Crippen LogP contribution in [0.4, 0.5) is 5.82 Å². The Morgan fingerprint density at radius 3 is 2.24 bits per heavy atom. The van der Waals surface area contributed by atoms with Crippen LogP contribution in [0, 0.1) is 0 Å². The van der Waals surface area contributed by atoms with E-state index in [0.29, 0.717) is 18.0 Å². The molecule has 1 fully saturated rings. The Bertz CT molecular complexity index is 531. The number of rotatable bonds is 7. The van der Waals surface area contributed by atoms with E-state index < -0.39 is 10.0 Å². The molecule has 0 aliphatic carbocycles. The highest BCUT2D eigenvalue weighted by Gasteiger charge is 2.27. The molecule has 0 amide bonds. The molecule has 1 aliphatic rings. The van der Waals surface area contributed by atoms with Crippen LogP contribution in [0.2, 0.25) is 0 Å². The van der Waals surface area contributed by atoms with Crippen LogP contribution in [0.25, 0.3) is 0 Å². The van der Waals surface area contributed by atoms with Gasteiger partial charge in [-0.05, 0) is 37.8 Å². The number of hydrogen-bond donors (Lipinski definition) is 0. The zero-order valence-corrected chi connectivity index (χ0v) is 13.8. The average Bonchev–Trinajstić information content (AvgIpc) is 3.02. The van der Waals surface area contributed by atoms with Crippen LogP contribution in [-0.4, -0.2) is 43.9 Å². The maximum Gasteiger partial charge on any atom is 0.244 e. The number of anilines is 1. The first-order chi connectivity index (χ1) is 10.1. The first-order valence-electron chi connectivity index (χ1n) is 7.80. The lowest BCUT2D eigenvalue weighted by molar-refractivity contribution is 0.477. The van der Waals surface area contributed by atoms with E-state index in [4.69, 9.17) is 0 Å². The van der Waals surface area contributed by atoms with E-state index in [2.05, 4.69) is 23.7 Å². The predicted molar refractivity (Wildman–Crippen MR) is 85.0 cm³/mol. The zero-order chi connectivity index (χ0) is 15.3. The third kappa shape index (κ3) is 3.74. The van der Waals surface area contributed by atoms with E-state index in [0.717, 1.165) is 44.6 Å². The van der Waals surface area contributed by atoms with Gasteiger partial charge in [0.2, 0.25) is 10.0 Å². The fraction of sp³-hybridized carbons (Fsp3) is 0.667. The van der Waals surface area contributed by atoms with E-state index in [1.807, 2.05) is 6.07 Å². The van der Waals surface area contributed by atoms with Crippen LogP contribution in [-0.2, 0) is 10.0 Å². The minimum Gasteiger partial charge on any atom is -0.357 e. The highest BCUT2D eigenvalue weighted by atomic mass is 32.2. The van der Waals surface area contributed by atoms with Gasteiger partial charge in [-0.1, -0.05) is 13.8 Å². The fourth-order valence-corrected chi connectivity index (χ4v) is 4.13. The Balaban J connectivity index is 2.17. The minimum absolute atomic E-state index is 0.307. The molecule has 1 saturated heterocycles. The van der Waals surface area contributed by atoms with Gasteiger partial charge in [0.05, 0.1) is 0 Å². The van der Waals surface area contributed by atoms with Crippen molar-refractivity contribution >= 4 is 15.8 Å². The molecule has 2 rings (SSSR count). The first kappa shape index (κ1) is 16.2. The quantitative estimate of drug-likeness (QED) is 0.776. The van der Waals surface area contributed by atoms with E-state index in [1.54, 1.807) is 10.4 Å². The molecule has 0 aromatic carbocycles. The zero-order valence-electron chi connectivity index (χ0n) is 13.0. The molecule has 5 nitrogen and oxygen atoms in total. The molecule has 0 saturated carbocycles. The molecule has 0 atom stereocenters. The molecule has 1 aromatic heterocycles. The van der Waals surface area contributed by atoms with Gasteiger partial charge in [0.1, 0.15) is 10.7 Å². The van der Waals surface area contributed by atoms with Crippen molar-refractivity contribution in [2.45, 2.75) is 44.4 Å². The molecular weight excluding hydrogens is 286 g/mol.